The molecule has 1 rings (SSSR count). The molecular weight excluding hydrogens is 336 g/mol. The number of carbonyl (C=O) groups is 3. The number of rotatable bonds is 6. The predicted molar refractivity (Wildman–Crippen MR) is 89.4 cm³/mol. The fourth-order valence-corrected chi connectivity index (χ4v) is 2.09. The molecule has 0 saturated heterocycles. The van der Waals surface area contributed by atoms with Crippen LogP contribution in [0, 0.1) is 12.8 Å². The van der Waals surface area contributed by atoms with Gasteiger partial charge in [-0.2, -0.15) is 5.10 Å². The van der Waals surface area contributed by atoms with Gasteiger partial charge in [0.15, 0.2) is 6.61 Å². The number of amides is 3. The highest BCUT2D eigenvalue weighted by molar-refractivity contribution is 6.31. The Morgan fingerprint density at radius 1 is 1.38 bits per heavy atom. The predicted octanol–water partition coefficient (Wildman–Crippen LogP) is 1.51. The highest BCUT2D eigenvalue weighted by atomic mass is 35.5. The number of hydrogen-bond donors (Lipinski definition) is 2. The molecule has 0 radical (unpaired) electrons. The average molecular weight is 357 g/mol. The van der Waals surface area contributed by atoms with Gasteiger partial charge in [0, 0.05) is 25.2 Å². The van der Waals surface area contributed by atoms with Gasteiger partial charge in [0.05, 0.1) is 5.69 Å². The molecule has 1 aromatic heterocycles. The van der Waals surface area contributed by atoms with Crippen LogP contribution in [0.1, 0.15) is 25.1 Å². The van der Waals surface area contributed by atoms with Crippen LogP contribution in [0.4, 0.5) is 4.79 Å². The fourth-order valence-electron chi connectivity index (χ4n) is 1.78. The normalized spacial score (nSPS) is 10.9. The Bertz CT molecular complexity index is 652. The third kappa shape index (κ3) is 6.04. The number of esters is 1. The molecule has 24 heavy (non-hydrogen) atoms. The number of nitrogens with one attached hydrogen (secondary N) is 2. The Labute approximate surface area is 145 Å². The van der Waals surface area contributed by atoms with Gasteiger partial charge < -0.3 is 10.1 Å². The molecule has 0 unspecified atom stereocenters. The Balaban J connectivity index is 2.63. The van der Waals surface area contributed by atoms with Crippen LogP contribution in [-0.2, 0) is 20.9 Å². The van der Waals surface area contributed by atoms with Crippen LogP contribution in [0.25, 0.3) is 6.08 Å². The molecule has 0 aromatic carbocycles. The van der Waals surface area contributed by atoms with Crippen molar-refractivity contribution >= 4 is 35.6 Å². The van der Waals surface area contributed by atoms with E-state index >= 15 is 0 Å². The van der Waals surface area contributed by atoms with Crippen molar-refractivity contribution in [3.8, 4) is 0 Å². The topological polar surface area (TPSA) is 102 Å². The number of ether oxygens (including phenoxy) is 1. The van der Waals surface area contributed by atoms with Crippen molar-refractivity contribution in [3.63, 3.8) is 0 Å². The van der Waals surface area contributed by atoms with Crippen LogP contribution in [0.2, 0.25) is 5.15 Å². The van der Waals surface area contributed by atoms with Crippen LogP contribution >= 0.6 is 11.6 Å². The molecule has 0 bridgehead atoms. The third-order valence-electron chi connectivity index (χ3n) is 2.86. The van der Waals surface area contributed by atoms with E-state index < -0.39 is 24.5 Å². The Morgan fingerprint density at radius 3 is 2.62 bits per heavy atom. The summed E-state index contributed by atoms with van der Waals surface area (Å²) >= 11 is 6.25. The van der Waals surface area contributed by atoms with Gasteiger partial charge in [-0.05, 0) is 18.9 Å². The molecule has 0 spiro atoms. The van der Waals surface area contributed by atoms with Crippen molar-refractivity contribution in [2.45, 2.75) is 27.3 Å². The molecule has 132 valence electrons. The van der Waals surface area contributed by atoms with E-state index in [1.54, 1.807) is 11.6 Å². The maximum atomic E-state index is 11.6. The maximum Gasteiger partial charge on any atom is 0.331 e. The second kappa shape index (κ2) is 9.07. The SMILES string of the molecule is CNC(=O)NC(=O)COC(=O)/C=C/c1c(C)nn(CC(C)C)c1Cl. The second-order valence-electron chi connectivity index (χ2n) is 5.43. The standard InChI is InChI=1S/C15H21ClN4O4/c1-9(2)7-20-14(16)11(10(3)19-20)5-6-13(22)24-8-12(21)18-15(23)17-4/h5-6,9H,7-8H2,1-4H3,(H2,17,18,21,23)/b6-5+. The zero-order valence-corrected chi connectivity index (χ0v) is 14.8. The summed E-state index contributed by atoms with van der Waals surface area (Å²) in [7, 11) is 1.36. The first-order valence-corrected chi connectivity index (χ1v) is 7.71. The lowest BCUT2D eigenvalue weighted by Gasteiger charge is -2.05. The molecule has 8 nitrogen and oxygen atoms in total. The summed E-state index contributed by atoms with van der Waals surface area (Å²) in [5.74, 6) is -1.08. The molecule has 9 heteroatoms. The first-order valence-electron chi connectivity index (χ1n) is 7.33. The van der Waals surface area contributed by atoms with Crippen molar-refractivity contribution in [2.75, 3.05) is 13.7 Å². The molecule has 0 atom stereocenters. The van der Waals surface area contributed by atoms with E-state index in [1.807, 2.05) is 19.2 Å². The number of aromatic nitrogens is 2. The highest BCUT2D eigenvalue weighted by Crippen LogP contribution is 2.22. The maximum absolute atomic E-state index is 11.6. The minimum Gasteiger partial charge on any atom is -0.452 e. The van der Waals surface area contributed by atoms with E-state index in [0.717, 1.165) is 6.08 Å². The van der Waals surface area contributed by atoms with Crippen molar-refractivity contribution in [2.24, 2.45) is 5.92 Å². The number of imide groups is 1. The van der Waals surface area contributed by atoms with Crippen LogP contribution in [0.15, 0.2) is 6.08 Å². The molecule has 0 aliphatic carbocycles. The lowest BCUT2D eigenvalue weighted by Crippen LogP contribution is -2.39. The van der Waals surface area contributed by atoms with E-state index in [1.165, 1.54) is 13.1 Å². The first-order chi connectivity index (χ1) is 11.2. The minimum absolute atomic E-state index is 0.377. The number of nitrogens with zero attached hydrogens (tertiary/aromatic N) is 2. The largest absolute Gasteiger partial charge is 0.452 e. The zero-order valence-electron chi connectivity index (χ0n) is 14.1. The van der Waals surface area contributed by atoms with Gasteiger partial charge in [0.1, 0.15) is 5.15 Å². The number of carbonyl (C=O) groups excluding carboxylic acids is 3. The molecule has 3 amide bonds. The van der Waals surface area contributed by atoms with Crippen LogP contribution in [0.5, 0.6) is 0 Å². The van der Waals surface area contributed by atoms with E-state index in [2.05, 4.69) is 10.4 Å². The molecule has 2 N–H and O–H groups in total. The van der Waals surface area contributed by atoms with E-state index in [9.17, 15) is 14.4 Å². The summed E-state index contributed by atoms with van der Waals surface area (Å²) in [5.41, 5.74) is 1.30. The molecule has 0 aliphatic rings. The van der Waals surface area contributed by atoms with Gasteiger partial charge >= 0.3 is 12.0 Å². The quantitative estimate of drug-likeness (QED) is 0.594. The number of aryl methyl sites for hydroxylation is 1. The number of hydrogen-bond acceptors (Lipinski definition) is 5. The lowest BCUT2D eigenvalue weighted by atomic mass is 10.2. The second-order valence-corrected chi connectivity index (χ2v) is 5.79. The summed E-state index contributed by atoms with van der Waals surface area (Å²) < 4.78 is 6.40. The average Bonchev–Trinajstić information content (AvgIpc) is 2.76. The summed E-state index contributed by atoms with van der Waals surface area (Å²) in [6.45, 7) is 5.98. The zero-order chi connectivity index (χ0) is 18.3. The molecular formula is C15H21ClN4O4. The first kappa shape index (κ1) is 19.7. The van der Waals surface area contributed by atoms with Crippen molar-refractivity contribution < 1.29 is 19.1 Å². The van der Waals surface area contributed by atoms with E-state index in [-0.39, 0.29) is 0 Å². The Kier molecular flexibility index (Phi) is 7.44. The van der Waals surface area contributed by atoms with Crippen LogP contribution in [0.3, 0.4) is 0 Å². The molecule has 1 heterocycles. The van der Waals surface area contributed by atoms with Crippen LogP contribution < -0.4 is 10.6 Å². The van der Waals surface area contributed by atoms with Gasteiger partial charge in [-0.15, -0.1) is 0 Å². The Morgan fingerprint density at radius 2 is 2.04 bits per heavy atom. The van der Waals surface area contributed by atoms with Gasteiger partial charge in [0.2, 0.25) is 0 Å². The van der Waals surface area contributed by atoms with Crippen molar-refractivity contribution in [3.05, 3.63) is 22.5 Å². The van der Waals surface area contributed by atoms with Gasteiger partial charge in [-0.1, -0.05) is 25.4 Å². The molecule has 1 aromatic rings. The van der Waals surface area contributed by atoms with Gasteiger partial charge in [-0.3, -0.25) is 14.8 Å². The Hall–Kier alpha value is -2.35. The summed E-state index contributed by atoms with van der Waals surface area (Å²) in [4.78, 5) is 33.8. The molecule has 0 saturated carbocycles. The van der Waals surface area contributed by atoms with E-state index in [0.29, 0.717) is 28.9 Å². The van der Waals surface area contributed by atoms with E-state index in [4.69, 9.17) is 16.3 Å². The number of halogens is 1. The van der Waals surface area contributed by atoms with Crippen molar-refractivity contribution in [1.29, 1.82) is 0 Å². The highest BCUT2D eigenvalue weighted by Gasteiger charge is 2.13. The lowest BCUT2D eigenvalue weighted by molar-refractivity contribution is -0.143. The van der Waals surface area contributed by atoms with Crippen molar-refractivity contribution in [1.82, 2.24) is 20.4 Å². The monoisotopic (exact) mass is 356 g/mol. The molecule has 0 aliphatic heterocycles. The molecule has 0 fully saturated rings. The van der Waals surface area contributed by atoms with Gasteiger partial charge in [0.25, 0.3) is 5.91 Å². The smallest absolute Gasteiger partial charge is 0.331 e. The van der Waals surface area contributed by atoms with Crippen LogP contribution in [-0.4, -0.2) is 41.3 Å². The van der Waals surface area contributed by atoms with Gasteiger partial charge in [-0.25, -0.2) is 9.59 Å². The summed E-state index contributed by atoms with van der Waals surface area (Å²) in [5, 5.41) is 8.93. The fraction of sp³-hybridized carbons (Fsp3) is 0.467. The number of urea groups is 1. The third-order valence-corrected chi connectivity index (χ3v) is 3.26. The minimum atomic E-state index is -0.728. The summed E-state index contributed by atoms with van der Waals surface area (Å²) in [6.07, 6.45) is 2.64. The summed E-state index contributed by atoms with van der Waals surface area (Å²) in [6, 6.07) is -0.674.